The van der Waals surface area contributed by atoms with Gasteiger partial charge in [-0.2, -0.15) is 0 Å². The molecule has 0 aromatic heterocycles. The van der Waals surface area contributed by atoms with Gasteiger partial charge in [0.15, 0.2) is 0 Å². The zero-order valence-electron chi connectivity index (χ0n) is 9.14. The molecule has 2 aromatic carbocycles. The molecule has 0 heterocycles. The molecule has 0 saturated heterocycles. The Morgan fingerprint density at radius 1 is 1.00 bits per heavy atom. The van der Waals surface area contributed by atoms with E-state index in [4.69, 9.17) is 5.73 Å². The van der Waals surface area contributed by atoms with Gasteiger partial charge in [-0.05, 0) is 16.3 Å². The second-order valence-electron chi connectivity index (χ2n) is 3.80. The summed E-state index contributed by atoms with van der Waals surface area (Å²) in [4.78, 5) is 0. The number of alkyl halides is 2. The van der Waals surface area contributed by atoms with Crippen LogP contribution in [0.2, 0.25) is 0 Å². The van der Waals surface area contributed by atoms with Crippen LogP contribution >= 0.6 is 12.4 Å². The number of nitrogens with two attached hydrogens (primary N) is 1. The van der Waals surface area contributed by atoms with Crippen molar-refractivity contribution in [1.82, 2.24) is 0 Å². The predicted molar refractivity (Wildman–Crippen MR) is 68.7 cm³/mol. The van der Waals surface area contributed by atoms with E-state index >= 15 is 0 Å². The molecule has 1 atom stereocenters. The van der Waals surface area contributed by atoms with Crippen LogP contribution in [0.3, 0.4) is 0 Å². The summed E-state index contributed by atoms with van der Waals surface area (Å²) in [5.74, 6) is 0. The first kappa shape index (κ1) is 13.9. The molecule has 0 radical (unpaired) electrons. The van der Waals surface area contributed by atoms with Crippen LogP contribution in [0.25, 0.3) is 10.8 Å². The van der Waals surface area contributed by atoms with Crippen LogP contribution in [-0.2, 0) is 0 Å². The zero-order chi connectivity index (χ0) is 11.5. The highest BCUT2D eigenvalue weighted by atomic mass is 35.5. The van der Waals surface area contributed by atoms with Crippen LogP contribution in [0.1, 0.15) is 18.0 Å². The Bertz CT molecular complexity index is 482. The minimum absolute atomic E-state index is 0. The van der Waals surface area contributed by atoms with Gasteiger partial charge in [0.1, 0.15) is 0 Å². The first-order valence-corrected chi connectivity index (χ1v) is 5.20. The van der Waals surface area contributed by atoms with E-state index in [-0.39, 0.29) is 18.8 Å². The average molecular weight is 258 g/mol. The molecule has 0 bridgehead atoms. The summed E-state index contributed by atoms with van der Waals surface area (Å²) in [6.07, 6.45) is -2.66. The largest absolute Gasteiger partial charge is 0.324 e. The van der Waals surface area contributed by atoms with Gasteiger partial charge in [0.25, 0.3) is 0 Å². The standard InChI is InChI=1S/C13H13F2N.ClH/c14-13(15)8-12(16)11-7-3-5-9-4-1-2-6-10(9)11;/h1-7,12-13H,8,16H2;1H/t12-;/m1./s1. The number of hydrogen-bond acceptors (Lipinski definition) is 1. The van der Waals surface area contributed by atoms with E-state index in [1.54, 1.807) is 0 Å². The van der Waals surface area contributed by atoms with Gasteiger partial charge >= 0.3 is 0 Å². The fraction of sp³-hybridized carbons (Fsp3) is 0.231. The molecular formula is C13H14ClF2N. The molecule has 0 aliphatic carbocycles. The topological polar surface area (TPSA) is 26.0 Å². The van der Waals surface area contributed by atoms with Crippen molar-refractivity contribution in [2.45, 2.75) is 18.9 Å². The maximum atomic E-state index is 12.3. The van der Waals surface area contributed by atoms with Gasteiger partial charge < -0.3 is 5.73 Å². The van der Waals surface area contributed by atoms with E-state index in [0.29, 0.717) is 0 Å². The molecule has 2 aromatic rings. The first-order chi connectivity index (χ1) is 7.68. The third-order valence-corrected chi connectivity index (χ3v) is 2.65. The zero-order valence-corrected chi connectivity index (χ0v) is 9.96. The monoisotopic (exact) mass is 257 g/mol. The molecule has 0 aliphatic heterocycles. The van der Waals surface area contributed by atoms with Crippen molar-refractivity contribution < 1.29 is 8.78 Å². The molecule has 4 heteroatoms. The van der Waals surface area contributed by atoms with Crippen molar-refractivity contribution in [3.8, 4) is 0 Å². The highest BCUT2D eigenvalue weighted by Crippen LogP contribution is 2.26. The molecule has 0 spiro atoms. The van der Waals surface area contributed by atoms with E-state index in [2.05, 4.69) is 0 Å². The Kier molecular flexibility index (Phi) is 4.85. The molecule has 0 aliphatic rings. The van der Waals surface area contributed by atoms with Crippen molar-refractivity contribution in [3.05, 3.63) is 48.0 Å². The van der Waals surface area contributed by atoms with E-state index in [1.165, 1.54) is 0 Å². The smallest absolute Gasteiger partial charge is 0.240 e. The number of hydrogen-bond donors (Lipinski definition) is 1. The van der Waals surface area contributed by atoms with E-state index in [1.807, 2.05) is 42.5 Å². The minimum Gasteiger partial charge on any atom is -0.324 e. The lowest BCUT2D eigenvalue weighted by Crippen LogP contribution is -2.14. The molecule has 92 valence electrons. The lowest BCUT2D eigenvalue weighted by atomic mass is 9.97. The maximum absolute atomic E-state index is 12.3. The first-order valence-electron chi connectivity index (χ1n) is 5.20. The quantitative estimate of drug-likeness (QED) is 0.886. The van der Waals surface area contributed by atoms with E-state index in [0.717, 1.165) is 16.3 Å². The Morgan fingerprint density at radius 2 is 1.65 bits per heavy atom. The molecular weight excluding hydrogens is 244 g/mol. The third-order valence-electron chi connectivity index (χ3n) is 2.65. The van der Waals surface area contributed by atoms with Gasteiger partial charge in [0.2, 0.25) is 6.43 Å². The lowest BCUT2D eigenvalue weighted by Gasteiger charge is -2.14. The summed E-state index contributed by atoms with van der Waals surface area (Å²) in [5.41, 5.74) is 6.57. The summed E-state index contributed by atoms with van der Waals surface area (Å²) >= 11 is 0. The third kappa shape index (κ3) is 3.14. The number of fused-ring (bicyclic) bond motifs is 1. The molecule has 0 saturated carbocycles. The summed E-state index contributed by atoms with van der Waals surface area (Å²) in [6.45, 7) is 0. The van der Waals surface area contributed by atoms with Crippen LogP contribution in [-0.4, -0.2) is 6.43 Å². The van der Waals surface area contributed by atoms with Crippen molar-refractivity contribution in [2.75, 3.05) is 0 Å². The van der Waals surface area contributed by atoms with Crippen molar-refractivity contribution in [2.24, 2.45) is 5.73 Å². The summed E-state index contributed by atoms with van der Waals surface area (Å²) in [6, 6.07) is 12.7. The Hall–Kier alpha value is -1.19. The highest BCUT2D eigenvalue weighted by molar-refractivity contribution is 5.86. The Labute approximate surface area is 105 Å². The molecule has 2 rings (SSSR count). The van der Waals surface area contributed by atoms with Crippen molar-refractivity contribution in [3.63, 3.8) is 0 Å². The minimum atomic E-state index is -2.37. The molecule has 17 heavy (non-hydrogen) atoms. The van der Waals surface area contributed by atoms with Crippen LogP contribution in [0.15, 0.2) is 42.5 Å². The number of rotatable bonds is 3. The fourth-order valence-corrected chi connectivity index (χ4v) is 1.89. The normalized spacial score (nSPS) is 12.5. The van der Waals surface area contributed by atoms with Gasteiger partial charge in [-0.15, -0.1) is 12.4 Å². The molecule has 0 fully saturated rings. The van der Waals surface area contributed by atoms with Crippen LogP contribution in [0.5, 0.6) is 0 Å². The molecule has 0 amide bonds. The van der Waals surface area contributed by atoms with Gasteiger partial charge in [-0.3, -0.25) is 0 Å². The van der Waals surface area contributed by atoms with Gasteiger partial charge in [-0.25, -0.2) is 8.78 Å². The van der Waals surface area contributed by atoms with Crippen molar-refractivity contribution >= 4 is 23.2 Å². The van der Waals surface area contributed by atoms with E-state index in [9.17, 15) is 8.78 Å². The van der Waals surface area contributed by atoms with Gasteiger partial charge in [-0.1, -0.05) is 42.5 Å². The van der Waals surface area contributed by atoms with Crippen LogP contribution in [0.4, 0.5) is 8.78 Å². The molecule has 0 unspecified atom stereocenters. The van der Waals surface area contributed by atoms with Crippen LogP contribution in [0, 0.1) is 0 Å². The Balaban J connectivity index is 0.00000144. The fourth-order valence-electron chi connectivity index (χ4n) is 1.89. The summed E-state index contributed by atoms with van der Waals surface area (Å²) in [7, 11) is 0. The Morgan fingerprint density at radius 3 is 2.35 bits per heavy atom. The van der Waals surface area contributed by atoms with Gasteiger partial charge in [0.05, 0.1) is 0 Å². The average Bonchev–Trinajstić information content (AvgIpc) is 2.27. The summed E-state index contributed by atoms with van der Waals surface area (Å²) in [5, 5.41) is 1.99. The molecule has 2 N–H and O–H groups in total. The lowest BCUT2D eigenvalue weighted by molar-refractivity contribution is 0.128. The van der Waals surface area contributed by atoms with E-state index < -0.39 is 12.5 Å². The van der Waals surface area contributed by atoms with Crippen LogP contribution < -0.4 is 5.73 Å². The van der Waals surface area contributed by atoms with Gasteiger partial charge in [0, 0.05) is 12.5 Å². The molecule has 1 nitrogen and oxygen atoms in total. The highest BCUT2D eigenvalue weighted by Gasteiger charge is 2.14. The maximum Gasteiger partial charge on any atom is 0.240 e. The second kappa shape index (κ2) is 5.94. The van der Waals surface area contributed by atoms with Crippen molar-refractivity contribution in [1.29, 1.82) is 0 Å². The summed E-state index contributed by atoms with van der Waals surface area (Å²) < 4.78 is 24.6. The number of halogens is 3. The predicted octanol–water partition coefficient (Wildman–Crippen LogP) is 3.92. The second-order valence-corrected chi connectivity index (χ2v) is 3.80. The SMILES string of the molecule is Cl.N[C@H](CC(F)F)c1cccc2ccccc12. The number of benzene rings is 2.